The fraction of sp³-hybridized carbons (Fsp3) is 0.273. The fourth-order valence-corrected chi connectivity index (χ4v) is 1.86. The van der Waals surface area contributed by atoms with Crippen LogP contribution in [0, 0.1) is 0 Å². The topological polar surface area (TPSA) is 78.9 Å². The number of aryl methyl sites for hydroxylation is 1. The first-order valence-electron chi connectivity index (χ1n) is 5.07. The second kappa shape index (κ2) is 4.22. The van der Waals surface area contributed by atoms with Gasteiger partial charge in [-0.25, -0.2) is 0 Å². The van der Waals surface area contributed by atoms with Crippen molar-refractivity contribution in [2.75, 3.05) is 11.4 Å². The van der Waals surface area contributed by atoms with Gasteiger partial charge in [0.2, 0.25) is 5.91 Å². The zero-order valence-corrected chi connectivity index (χ0v) is 8.76. The molecule has 0 saturated heterocycles. The maximum absolute atomic E-state index is 11.7. The summed E-state index contributed by atoms with van der Waals surface area (Å²) in [6.07, 6.45) is 1.22. The first-order chi connectivity index (χ1) is 7.72. The van der Waals surface area contributed by atoms with Gasteiger partial charge in [0, 0.05) is 12.1 Å². The number of carbonyl (C=O) groups is 1. The number of nitrogens with zero attached hydrogens (tertiary/aromatic N) is 2. The lowest BCUT2D eigenvalue weighted by Crippen LogP contribution is -2.41. The second-order valence-electron chi connectivity index (χ2n) is 3.70. The van der Waals surface area contributed by atoms with Gasteiger partial charge in [-0.15, -0.1) is 0 Å². The molecule has 0 spiro atoms. The van der Waals surface area contributed by atoms with Gasteiger partial charge in [-0.2, -0.15) is 0 Å². The molecule has 16 heavy (non-hydrogen) atoms. The average molecular weight is 219 g/mol. The molecule has 0 radical (unpaired) electrons. The standard InChI is InChI=1S/C11H13N3O2/c12-10(13-16)7-14-9-4-2-1-3-8(9)5-6-11(14)15/h1-4,16H,5-7H2,(H2,12,13). The van der Waals surface area contributed by atoms with Gasteiger partial charge < -0.3 is 15.8 Å². The number of para-hydroxylation sites is 1. The molecule has 1 aliphatic rings. The monoisotopic (exact) mass is 219 g/mol. The molecular weight excluding hydrogens is 206 g/mol. The summed E-state index contributed by atoms with van der Waals surface area (Å²) in [5.41, 5.74) is 7.40. The molecule has 3 N–H and O–H groups in total. The van der Waals surface area contributed by atoms with Gasteiger partial charge in [0.1, 0.15) is 0 Å². The van der Waals surface area contributed by atoms with Crippen molar-refractivity contribution in [1.82, 2.24) is 0 Å². The maximum atomic E-state index is 11.7. The number of hydrogen-bond donors (Lipinski definition) is 2. The van der Waals surface area contributed by atoms with Crippen LogP contribution in [0.3, 0.4) is 0 Å². The molecule has 5 nitrogen and oxygen atoms in total. The molecule has 1 amide bonds. The van der Waals surface area contributed by atoms with Crippen molar-refractivity contribution in [3.05, 3.63) is 29.8 Å². The van der Waals surface area contributed by atoms with E-state index in [1.807, 2.05) is 24.3 Å². The van der Waals surface area contributed by atoms with E-state index in [9.17, 15) is 4.79 Å². The van der Waals surface area contributed by atoms with E-state index >= 15 is 0 Å². The second-order valence-corrected chi connectivity index (χ2v) is 3.70. The van der Waals surface area contributed by atoms with Crippen LogP contribution < -0.4 is 10.6 Å². The molecule has 0 atom stereocenters. The average Bonchev–Trinajstić information content (AvgIpc) is 2.32. The minimum atomic E-state index is 0.00491. The van der Waals surface area contributed by atoms with Crippen LogP contribution in [-0.2, 0) is 11.2 Å². The Balaban J connectivity index is 2.33. The number of rotatable bonds is 2. The van der Waals surface area contributed by atoms with Crippen molar-refractivity contribution >= 4 is 17.4 Å². The molecule has 1 aliphatic heterocycles. The number of hydrogen-bond acceptors (Lipinski definition) is 3. The Morgan fingerprint density at radius 1 is 1.44 bits per heavy atom. The minimum Gasteiger partial charge on any atom is -0.409 e. The predicted octanol–water partition coefficient (Wildman–Crippen LogP) is 0.712. The summed E-state index contributed by atoms with van der Waals surface area (Å²) in [6, 6.07) is 7.67. The van der Waals surface area contributed by atoms with Crippen LogP contribution in [0.2, 0.25) is 0 Å². The van der Waals surface area contributed by atoms with Gasteiger partial charge in [-0.3, -0.25) is 4.79 Å². The third kappa shape index (κ3) is 1.84. The van der Waals surface area contributed by atoms with Crippen LogP contribution in [0.1, 0.15) is 12.0 Å². The Labute approximate surface area is 93.2 Å². The normalized spacial score (nSPS) is 16.1. The highest BCUT2D eigenvalue weighted by molar-refractivity contribution is 6.01. The van der Waals surface area contributed by atoms with Gasteiger partial charge >= 0.3 is 0 Å². The van der Waals surface area contributed by atoms with Crippen LogP contribution in [-0.4, -0.2) is 23.5 Å². The molecule has 1 heterocycles. The van der Waals surface area contributed by atoms with Crippen molar-refractivity contribution < 1.29 is 10.0 Å². The molecule has 0 aliphatic carbocycles. The zero-order chi connectivity index (χ0) is 11.5. The van der Waals surface area contributed by atoms with Crippen molar-refractivity contribution in [1.29, 1.82) is 0 Å². The molecule has 0 unspecified atom stereocenters. The van der Waals surface area contributed by atoms with Gasteiger partial charge in [-0.05, 0) is 18.1 Å². The highest BCUT2D eigenvalue weighted by Crippen LogP contribution is 2.26. The SMILES string of the molecule is N/C(CN1C(=O)CCc2ccccc21)=N\O. The Bertz CT molecular complexity index is 443. The van der Waals surface area contributed by atoms with E-state index < -0.39 is 0 Å². The molecule has 0 bridgehead atoms. The summed E-state index contributed by atoms with van der Waals surface area (Å²) < 4.78 is 0. The van der Waals surface area contributed by atoms with E-state index in [0.717, 1.165) is 17.7 Å². The van der Waals surface area contributed by atoms with Crippen LogP contribution >= 0.6 is 0 Å². The quantitative estimate of drug-likeness (QED) is 0.333. The summed E-state index contributed by atoms with van der Waals surface area (Å²) in [5, 5.41) is 11.4. The lowest BCUT2D eigenvalue weighted by atomic mass is 10.0. The molecule has 0 saturated carbocycles. The van der Waals surface area contributed by atoms with Crippen LogP contribution in [0.25, 0.3) is 0 Å². The number of fused-ring (bicyclic) bond motifs is 1. The number of amides is 1. The predicted molar refractivity (Wildman–Crippen MR) is 60.5 cm³/mol. The number of amidine groups is 1. The Hall–Kier alpha value is -2.04. The third-order valence-corrected chi connectivity index (χ3v) is 2.64. The van der Waals surface area contributed by atoms with E-state index in [1.165, 1.54) is 0 Å². The molecule has 0 aromatic heterocycles. The van der Waals surface area contributed by atoms with E-state index in [2.05, 4.69) is 5.16 Å². The number of benzene rings is 1. The fourth-order valence-electron chi connectivity index (χ4n) is 1.86. The Morgan fingerprint density at radius 2 is 2.19 bits per heavy atom. The first kappa shape index (κ1) is 10.5. The van der Waals surface area contributed by atoms with Crippen molar-refractivity contribution in [2.24, 2.45) is 10.9 Å². The van der Waals surface area contributed by atoms with E-state index in [0.29, 0.717) is 6.42 Å². The number of anilines is 1. The lowest BCUT2D eigenvalue weighted by molar-refractivity contribution is -0.118. The number of oxime groups is 1. The van der Waals surface area contributed by atoms with Gasteiger partial charge in [-0.1, -0.05) is 23.4 Å². The first-order valence-corrected chi connectivity index (χ1v) is 5.07. The van der Waals surface area contributed by atoms with E-state index in [4.69, 9.17) is 10.9 Å². The number of nitrogens with two attached hydrogens (primary N) is 1. The molecule has 1 aromatic rings. The summed E-state index contributed by atoms with van der Waals surface area (Å²) >= 11 is 0. The van der Waals surface area contributed by atoms with Crippen LogP contribution in [0.4, 0.5) is 5.69 Å². The highest BCUT2D eigenvalue weighted by Gasteiger charge is 2.24. The van der Waals surface area contributed by atoms with Crippen LogP contribution in [0.15, 0.2) is 29.4 Å². The summed E-state index contributed by atoms with van der Waals surface area (Å²) in [4.78, 5) is 13.3. The molecule has 5 heteroatoms. The molecule has 0 fully saturated rings. The van der Waals surface area contributed by atoms with Crippen molar-refractivity contribution in [3.8, 4) is 0 Å². The maximum Gasteiger partial charge on any atom is 0.227 e. The molecular formula is C11H13N3O2. The van der Waals surface area contributed by atoms with Crippen LogP contribution in [0.5, 0.6) is 0 Å². The minimum absolute atomic E-state index is 0.00491. The zero-order valence-electron chi connectivity index (χ0n) is 8.76. The number of carbonyl (C=O) groups excluding carboxylic acids is 1. The van der Waals surface area contributed by atoms with Gasteiger partial charge in [0.25, 0.3) is 0 Å². The largest absolute Gasteiger partial charge is 0.409 e. The van der Waals surface area contributed by atoms with Crippen molar-refractivity contribution in [3.63, 3.8) is 0 Å². The molecule has 1 aromatic carbocycles. The van der Waals surface area contributed by atoms with E-state index in [1.54, 1.807) is 4.90 Å². The molecule has 84 valence electrons. The van der Waals surface area contributed by atoms with Gasteiger partial charge in [0.15, 0.2) is 5.84 Å². The lowest BCUT2D eigenvalue weighted by Gasteiger charge is -2.28. The Kier molecular flexibility index (Phi) is 2.76. The van der Waals surface area contributed by atoms with Crippen molar-refractivity contribution in [2.45, 2.75) is 12.8 Å². The Morgan fingerprint density at radius 3 is 2.94 bits per heavy atom. The third-order valence-electron chi connectivity index (χ3n) is 2.64. The molecule has 2 rings (SSSR count). The smallest absolute Gasteiger partial charge is 0.227 e. The summed E-state index contributed by atoms with van der Waals surface area (Å²) in [6.45, 7) is 0.131. The van der Waals surface area contributed by atoms with Gasteiger partial charge in [0.05, 0.1) is 6.54 Å². The summed E-state index contributed by atoms with van der Waals surface area (Å²) in [5.74, 6) is 0.0374. The highest BCUT2D eigenvalue weighted by atomic mass is 16.4. The summed E-state index contributed by atoms with van der Waals surface area (Å²) in [7, 11) is 0. The van der Waals surface area contributed by atoms with E-state index in [-0.39, 0.29) is 18.3 Å².